The number of halogens is 1. The number of hydrogen-bond acceptors (Lipinski definition) is 4. The second-order valence-electron chi connectivity index (χ2n) is 5.10. The number of anilines is 1. The Morgan fingerprint density at radius 2 is 2.27 bits per heavy atom. The fraction of sp³-hybridized carbons (Fsp3) is 0.333. The maximum Gasteiger partial charge on any atom is 0.415 e. The fourth-order valence-corrected chi connectivity index (χ4v) is 3.38. The van der Waals surface area contributed by atoms with Gasteiger partial charge in [-0.05, 0) is 35.9 Å². The van der Waals surface area contributed by atoms with Gasteiger partial charge < -0.3 is 10.5 Å². The van der Waals surface area contributed by atoms with E-state index in [1.54, 1.807) is 12.1 Å². The lowest BCUT2D eigenvalue weighted by Crippen LogP contribution is -2.32. The van der Waals surface area contributed by atoms with E-state index in [2.05, 4.69) is 0 Å². The number of allylic oxidation sites excluding steroid dienone is 1. The van der Waals surface area contributed by atoms with Crippen LogP contribution in [0.5, 0.6) is 0 Å². The van der Waals surface area contributed by atoms with Crippen LogP contribution in [0.2, 0.25) is 0 Å². The number of amides is 2. The zero-order chi connectivity index (χ0) is 15.7. The SMILES string of the molecule is NC(=O)C1CN(c2ccc(C3=CCSCC3)c(F)c2)C(=O)O1. The van der Waals surface area contributed by atoms with Crippen LogP contribution in [0.4, 0.5) is 14.9 Å². The standard InChI is InChI=1S/C15H15FN2O3S/c16-12-7-10(18-8-13(14(17)19)21-15(18)20)1-2-11(12)9-3-5-22-6-4-9/h1-3,7,13H,4-6,8H2,(H2,17,19). The van der Waals surface area contributed by atoms with Gasteiger partial charge in [-0.15, -0.1) is 0 Å². The van der Waals surface area contributed by atoms with Crippen molar-refractivity contribution < 1.29 is 18.7 Å². The van der Waals surface area contributed by atoms with Gasteiger partial charge in [-0.3, -0.25) is 9.69 Å². The molecule has 1 aromatic rings. The van der Waals surface area contributed by atoms with Crippen LogP contribution in [-0.2, 0) is 9.53 Å². The summed E-state index contributed by atoms with van der Waals surface area (Å²) >= 11 is 1.81. The number of ether oxygens (including phenoxy) is 1. The van der Waals surface area contributed by atoms with Gasteiger partial charge in [0.05, 0.1) is 12.2 Å². The highest BCUT2D eigenvalue weighted by Crippen LogP contribution is 2.31. The Kier molecular flexibility index (Phi) is 4.06. The minimum atomic E-state index is -0.992. The van der Waals surface area contributed by atoms with Crippen LogP contribution < -0.4 is 10.6 Å². The largest absolute Gasteiger partial charge is 0.434 e. The van der Waals surface area contributed by atoms with E-state index in [0.717, 1.165) is 23.5 Å². The van der Waals surface area contributed by atoms with Gasteiger partial charge in [0, 0.05) is 11.3 Å². The van der Waals surface area contributed by atoms with Crippen LogP contribution >= 0.6 is 11.8 Å². The fourth-order valence-electron chi connectivity index (χ4n) is 2.53. The zero-order valence-corrected chi connectivity index (χ0v) is 12.6. The molecule has 2 amide bonds. The summed E-state index contributed by atoms with van der Waals surface area (Å²) in [7, 11) is 0. The van der Waals surface area contributed by atoms with Gasteiger partial charge in [-0.2, -0.15) is 11.8 Å². The van der Waals surface area contributed by atoms with E-state index in [4.69, 9.17) is 10.5 Å². The molecule has 1 atom stereocenters. The average Bonchev–Trinajstić information content (AvgIpc) is 2.90. The molecule has 5 nitrogen and oxygen atoms in total. The first-order chi connectivity index (χ1) is 10.6. The summed E-state index contributed by atoms with van der Waals surface area (Å²) in [6.07, 6.45) is 1.17. The molecule has 1 saturated heterocycles. The van der Waals surface area contributed by atoms with Gasteiger partial charge >= 0.3 is 6.09 Å². The van der Waals surface area contributed by atoms with Crippen LogP contribution in [0.1, 0.15) is 12.0 Å². The Hall–Kier alpha value is -2.02. The monoisotopic (exact) mass is 322 g/mol. The number of thioether (sulfide) groups is 1. The molecular weight excluding hydrogens is 307 g/mol. The van der Waals surface area contributed by atoms with Crippen molar-refractivity contribution in [2.75, 3.05) is 23.0 Å². The highest BCUT2D eigenvalue weighted by Gasteiger charge is 2.36. The van der Waals surface area contributed by atoms with Gasteiger partial charge in [0.25, 0.3) is 5.91 Å². The van der Waals surface area contributed by atoms with Crippen LogP contribution in [0, 0.1) is 5.82 Å². The van der Waals surface area contributed by atoms with Crippen LogP contribution in [0.3, 0.4) is 0 Å². The van der Waals surface area contributed by atoms with Crippen molar-refractivity contribution >= 4 is 35.0 Å². The Balaban J connectivity index is 1.84. The third kappa shape index (κ3) is 2.81. The Morgan fingerprint density at radius 3 is 2.86 bits per heavy atom. The Morgan fingerprint density at radius 1 is 1.45 bits per heavy atom. The third-order valence-corrected chi connectivity index (χ3v) is 4.60. The topological polar surface area (TPSA) is 72.6 Å². The van der Waals surface area contributed by atoms with E-state index in [1.807, 2.05) is 17.8 Å². The lowest BCUT2D eigenvalue weighted by molar-refractivity contribution is -0.124. The third-order valence-electron chi connectivity index (χ3n) is 3.70. The highest BCUT2D eigenvalue weighted by molar-refractivity contribution is 7.99. The normalized spacial score (nSPS) is 21.5. The number of primary amides is 1. The smallest absolute Gasteiger partial charge is 0.415 e. The highest BCUT2D eigenvalue weighted by atomic mass is 32.2. The molecule has 0 spiro atoms. The summed E-state index contributed by atoms with van der Waals surface area (Å²) in [5, 5.41) is 0. The number of carbonyl (C=O) groups excluding carboxylic acids is 2. The molecule has 0 aliphatic carbocycles. The number of carbonyl (C=O) groups is 2. The number of nitrogens with zero attached hydrogens (tertiary/aromatic N) is 1. The lowest BCUT2D eigenvalue weighted by Gasteiger charge is -2.17. The second-order valence-corrected chi connectivity index (χ2v) is 6.25. The molecule has 0 saturated carbocycles. The van der Waals surface area contributed by atoms with Crippen molar-refractivity contribution in [1.29, 1.82) is 0 Å². The molecule has 1 fully saturated rings. The minimum absolute atomic E-state index is 0.00624. The van der Waals surface area contributed by atoms with E-state index in [-0.39, 0.29) is 12.4 Å². The quantitative estimate of drug-likeness (QED) is 0.925. The van der Waals surface area contributed by atoms with E-state index >= 15 is 0 Å². The number of rotatable bonds is 3. The molecule has 2 aliphatic rings. The number of hydrogen-bond donors (Lipinski definition) is 1. The van der Waals surface area contributed by atoms with Gasteiger partial charge in [0.1, 0.15) is 5.82 Å². The van der Waals surface area contributed by atoms with Gasteiger partial charge in [0.15, 0.2) is 6.10 Å². The van der Waals surface area contributed by atoms with Gasteiger partial charge in [-0.25, -0.2) is 9.18 Å². The first-order valence-corrected chi connectivity index (χ1v) is 8.06. The summed E-state index contributed by atoms with van der Waals surface area (Å²) in [5.74, 6) is 0.768. The molecule has 1 aromatic carbocycles. The maximum absolute atomic E-state index is 14.4. The molecular formula is C15H15FN2O3S. The van der Waals surface area contributed by atoms with Gasteiger partial charge in [-0.1, -0.05) is 6.08 Å². The molecule has 2 N–H and O–H groups in total. The van der Waals surface area contributed by atoms with E-state index in [0.29, 0.717) is 11.3 Å². The lowest BCUT2D eigenvalue weighted by atomic mass is 10.0. The van der Waals surface area contributed by atoms with Crippen molar-refractivity contribution in [3.05, 3.63) is 35.7 Å². The first kappa shape index (κ1) is 14.9. The van der Waals surface area contributed by atoms with Crippen molar-refractivity contribution in [3.8, 4) is 0 Å². The predicted octanol–water partition coefficient (Wildman–Crippen LogP) is 2.16. The van der Waals surface area contributed by atoms with E-state index < -0.39 is 18.1 Å². The molecule has 2 heterocycles. The molecule has 3 rings (SSSR count). The molecule has 2 aliphatic heterocycles. The molecule has 0 bridgehead atoms. The Bertz CT molecular complexity index is 662. The predicted molar refractivity (Wildman–Crippen MR) is 83.1 cm³/mol. The van der Waals surface area contributed by atoms with Crippen molar-refractivity contribution in [3.63, 3.8) is 0 Å². The molecule has 1 unspecified atom stereocenters. The van der Waals surface area contributed by atoms with Gasteiger partial charge in [0.2, 0.25) is 0 Å². The van der Waals surface area contributed by atoms with Crippen LogP contribution in [0.15, 0.2) is 24.3 Å². The molecule has 116 valence electrons. The summed E-state index contributed by atoms with van der Waals surface area (Å²) in [4.78, 5) is 24.0. The summed E-state index contributed by atoms with van der Waals surface area (Å²) in [6.45, 7) is 0.00624. The molecule has 22 heavy (non-hydrogen) atoms. The zero-order valence-electron chi connectivity index (χ0n) is 11.8. The molecule has 0 aromatic heterocycles. The van der Waals surface area contributed by atoms with E-state index in [9.17, 15) is 14.0 Å². The average molecular weight is 322 g/mol. The number of benzene rings is 1. The van der Waals surface area contributed by atoms with Crippen LogP contribution in [-0.4, -0.2) is 36.2 Å². The molecule has 7 heteroatoms. The first-order valence-electron chi connectivity index (χ1n) is 6.90. The summed E-state index contributed by atoms with van der Waals surface area (Å²) < 4.78 is 19.2. The van der Waals surface area contributed by atoms with E-state index in [1.165, 1.54) is 11.0 Å². The summed E-state index contributed by atoms with van der Waals surface area (Å²) in [6, 6.07) is 4.62. The van der Waals surface area contributed by atoms with Crippen molar-refractivity contribution in [1.82, 2.24) is 0 Å². The van der Waals surface area contributed by atoms with Crippen molar-refractivity contribution in [2.24, 2.45) is 5.73 Å². The second kappa shape index (κ2) is 6.00. The van der Waals surface area contributed by atoms with Crippen LogP contribution in [0.25, 0.3) is 5.57 Å². The summed E-state index contributed by atoms with van der Waals surface area (Å²) in [5.41, 5.74) is 7.03. The number of cyclic esters (lactones) is 1. The number of nitrogens with two attached hydrogens (primary N) is 1. The minimum Gasteiger partial charge on any atom is -0.434 e. The molecule has 0 radical (unpaired) electrons. The van der Waals surface area contributed by atoms with Crippen molar-refractivity contribution in [2.45, 2.75) is 12.5 Å². The Labute approximate surface area is 131 Å². The maximum atomic E-state index is 14.4.